The standard InChI is InChI=1S/C21H16N4O3/c1-27-17-8-15-16(9-18(17)28-2)24-19(25-21(15)26)7-12-6-13-4-3-5-14(10-22)20(13)23-11-12/h3-6,8-9,11H,7H2,1-2H3,(H,24,25,26). The number of methoxy groups -OCH3 is 2. The van der Waals surface area contributed by atoms with E-state index in [2.05, 4.69) is 21.0 Å². The molecule has 0 saturated heterocycles. The van der Waals surface area contributed by atoms with Gasteiger partial charge in [0.1, 0.15) is 11.9 Å². The van der Waals surface area contributed by atoms with Crippen LogP contribution in [0, 0.1) is 11.3 Å². The van der Waals surface area contributed by atoms with E-state index in [4.69, 9.17) is 9.47 Å². The number of fused-ring (bicyclic) bond motifs is 2. The van der Waals surface area contributed by atoms with Crippen molar-refractivity contribution < 1.29 is 9.47 Å². The predicted octanol–water partition coefficient (Wildman–Crippen LogP) is 2.95. The van der Waals surface area contributed by atoms with E-state index in [0.29, 0.717) is 45.7 Å². The Morgan fingerprint density at radius 2 is 1.93 bits per heavy atom. The SMILES string of the molecule is COc1cc2nc(Cc3cnc4c(C#N)cccc4c3)[nH]c(=O)c2cc1OC. The number of hydrogen-bond donors (Lipinski definition) is 1. The highest BCUT2D eigenvalue weighted by Crippen LogP contribution is 2.30. The number of pyridine rings is 1. The minimum absolute atomic E-state index is 0.249. The molecule has 0 aliphatic rings. The summed E-state index contributed by atoms with van der Waals surface area (Å²) < 4.78 is 10.5. The lowest BCUT2D eigenvalue weighted by atomic mass is 10.1. The highest BCUT2D eigenvalue weighted by Gasteiger charge is 2.12. The molecule has 4 rings (SSSR count). The fraction of sp³-hybridized carbons (Fsp3) is 0.143. The number of hydrogen-bond acceptors (Lipinski definition) is 6. The van der Waals surface area contributed by atoms with E-state index in [9.17, 15) is 10.1 Å². The molecule has 4 aromatic rings. The first kappa shape index (κ1) is 17.5. The molecule has 7 nitrogen and oxygen atoms in total. The van der Waals surface area contributed by atoms with Crippen LogP contribution in [0.2, 0.25) is 0 Å². The molecule has 7 heteroatoms. The second-order valence-electron chi connectivity index (χ2n) is 6.25. The lowest BCUT2D eigenvalue weighted by Gasteiger charge is -2.09. The van der Waals surface area contributed by atoms with Crippen LogP contribution in [-0.2, 0) is 6.42 Å². The number of nitrogens with zero attached hydrogens (tertiary/aromatic N) is 3. The molecule has 0 radical (unpaired) electrons. The summed E-state index contributed by atoms with van der Waals surface area (Å²) in [6, 6.07) is 12.8. The van der Waals surface area contributed by atoms with Crippen LogP contribution in [0.1, 0.15) is 17.0 Å². The van der Waals surface area contributed by atoms with Gasteiger partial charge >= 0.3 is 0 Å². The Labute approximate surface area is 160 Å². The molecule has 0 aliphatic carbocycles. The van der Waals surface area contributed by atoms with Crippen molar-refractivity contribution in [2.75, 3.05) is 14.2 Å². The monoisotopic (exact) mass is 372 g/mol. The Morgan fingerprint density at radius 1 is 1.14 bits per heavy atom. The highest BCUT2D eigenvalue weighted by atomic mass is 16.5. The van der Waals surface area contributed by atoms with Crippen LogP contribution >= 0.6 is 0 Å². The number of ether oxygens (including phenoxy) is 2. The second kappa shape index (κ2) is 7.00. The summed E-state index contributed by atoms with van der Waals surface area (Å²) in [5.74, 6) is 1.50. The van der Waals surface area contributed by atoms with Gasteiger partial charge < -0.3 is 14.5 Å². The minimum Gasteiger partial charge on any atom is -0.493 e. The molecule has 2 aromatic carbocycles. The average Bonchev–Trinajstić information content (AvgIpc) is 2.72. The van der Waals surface area contributed by atoms with Gasteiger partial charge in [0.05, 0.1) is 36.2 Å². The third kappa shape index (κ3) is 3.01. The van der Waals surface area contributed by atoms with E-state index in [1.807, 2.05) is 18.2 Å². The van der Waals surface area contributed by atoms with E-state index >= 15 is 0 Å². The number of nitriles is 1. The van der Waals surface area contributed by atoms with Crippen molar-refractivity contribution in [1.82, 2.24) is 15.0 Å². The summed E-state index contributed by atoms with van der Waals surface area (Å²) in [4.78, 5) is 24.3. The molecule has 0 spiro atoms. The van der Waals surface area contributed by atoms with Gasteiger partial charge in [-0.15, -0.1) is 0 Å². The van der Waals surface area contributed by atoms with Crippen molar-refractivity contribution in [3.8, 4) is 17.6 Å². The summed E-state index contributed by atoms with van der Waals surface area (Å²) in [6.45, 7) is 0. The van der Waals surface area contributed by atoms with Gasteiger partial charge in [-0.3, -0.25) is 9.78 Å². The zero-order valence-electron chi connectivity index (χ0n) is 15.3. The molecule has 0 atom stereocenters. The van der Waals surface area contributed by atoms with Crippen molar-refractivity contribution >= 4 is 21.8 Å². The van der Waals surface area contributed by atoms with Gasteiger partial charge in [-0.1, -0.05) is 12.1 Å². The van der Waals surface area contributed by atoms with Gasteiger partial charge in [0, 0.05) is 24.1 Å². The summed E-state index contributed by atoms with van der Waals surface area (Å²) in [7, 11) is 3.05. The molecule has 0 fully saturated rings. The summed E-state index contributed by atoms with van der Waals surface area (Å²) in [6.07, 6.45) is 2.10. The van der Waals surface area contributed by atoms with Crippen molar-refractivity contribution in [3.63, 3.8) is 0 Å². The van der Waals surface area contributed by atoms with Gasteiger partial charge in [-0.2, -0.15) is 5.26 Å². The van der Waals surface area contributed by atoms with Crippen LogP contribution in [-0.4, -0.2) is 29.2 Å². The summed E-state index contributed by atoms with van der Waals surface area (Å²) in [5.41, 5.74) is 2.34. The number of aromatic amines is 1. The Kier molecular flexibility index (Phi) is 4.38. The van der Waals surface area contributed by atoms with Gasteiger partial charge in [0.15, 0.2) is 11.5 Å². The third-order valence-corrected chi connectivity index (χ3v) is 4.52. The number of nitrogens with one attached hydrogen (secondary N) is 1. The molecule has 0 unspecified atom stereocenters. The fourth-order valence-corrected chi connectivity index (χ4v) is 3.18. The second-order valence-corrected chi connectivity index (χ2v) is 6.25. The fourth-order valence-electron chi connectivity index (χ4n) is 3.18. The van der Waals surface area contributed by atoms with Crippen molar-refractivity contribution in [3.05, 3.63) is 69.9 Å². The number of H-pyrrole nitrogens is 1. The molecule has 0 aliphatic heterocycles. The zero-order chi connectivity index (χ0) is 19.7. The Morgan fingerprint density at radius 3 is 2.68 bits per heavy atom. The largest absolute Gasteiger partial charge is 0.493 e. The van der Waals surface area contributed by atoms with Crippen LogP contribution < -0.4 is 15.0 Å². The maximum atomic E-state index is 12.5. The quantitative estimate of drug-likeness (QED) is 0.591. The molecular weight excluding hydrogens is 356 g/mol. The van der Waals surface area contributed by atoms with Crippen LogP contribution in [0.15, 0.2) is 47.4 Å². The van der Waals surface area contributed by atoms with E-state index < -0.39 is 0 Å². The number of para-hydroxylation sites is 1. The molecule has 0 bridgehead atoms. The van der Waals surface area contributed by atoms with Crippen LogP contribution in [0.3, 0.4) is 0 Å². The smallest absolute Gasteiger partial charge is 0.258 e. The summed E-state index contributed by atoms with van der Waals surface area (Å²) >= 11 is 0. The highest BCUT2D eigenvalue weighted by molar-refractivity contribution is 5.84. The maximum absolute atomic E-state index is 12.5. The molecule has 0 saturated carbocycles. The first-order valence-corrected chi connectivity index (χ1v) is 8.55. The van der Waals surface area contributed by atoms with Gasteiger partial charge in [0.25, 0.3) is 5.56 Å². The third-order valence-electron chi connectivity index (χ3n) is 4.52. The molecule has 2 aromatic heterocycles. The molecule has 28 heavy (non-hydrogen) atoms. The normalized spacial score (nSPS) is 10.8. The van der Waals surface area contributed by atoms with Crippen LogP contribution in [0.25, 0.3) is 21.8 Å². The maximum Gasteiger partial charge on any atom is 0.258 e. The Balaban J connectivity index is 1.76. The first-order chi connectivity index (χ1) is 13.6. The number of aromatic nitrogens is 3. The van der Waals surface area contributed by atoms with E-state index in [0.717, 1.165) is 10.9 Å². The Hall–Kier alpha value is -3.92. The van der Waals surface area contributed by atoms with E-state index in [1.165, 1.54) is 14.2 Å². The van der Waals surface area contributed by atoms with Crippen molar-refractivity contribution in [2.24, 2.45) is 0 Å². The molecule has 1 N–H and O–H groups in total. The number of benzene rings is 2. The van der Waals surface area contributed by atoms with Gasteiger partial charge in [-0.05, 0) is 23.8 Å². The van der Waals surface area contributed by atoms with Crippen molar-refractivity contribution in [2.45, 2.75) is 6.42 Å². The molecule has 138 valence electrons. The minimum atomic E-state index is -0.249. The van der Waals surface area contributed by atoms with Crippen LogP contribution in [0.5, 0.6) is 11.5 Å². The van der Waals surface area contributed by atoms with E-state index in [-0.39, 0.29) is 5.56 Å². The lowest BCUT2D eigenvalue weighted by molar-refractivity contribution is 0.355. The van der Waals surface area contributed by atoms with E-state index in [1.54, 1.807) is 24.4 Å². The van der Waals surface area contributed by atoms with Crippen LogP contribution in [0.4, 0.5) is 0 Å². The molecule has 2 heterocycles. The lowest BCUT2D eigenvalue weighted by Crippen LogP contribution is -2.12. The topological polar surface area (TPSA) is 101 Å². The average molecular weight is 372 g/mol. The molecule has 0 amide bonds. The van der Waals surface area contributed by atoms with Gasteiger partial charge in [0.2, 0.25) is 0 Å². The van der Waals surface area contributed by atoms with Gasteiger partial charge in [-0.25, -0.2) is 4.98 Å². The number of rotatable bonds is 4. The van der Waals surface area contributed by atoms with Crippen molar-refractivity contribution in [1.29, 1.82) is 5.26 Å². The Bertz CT molecular complexity index is 1310. The first-order valence-electron chi connectivity index (χ1n) is 8.55. The zero-order valence-corrected chi connectivity index (χ0v) is 15.3. The summed E-state index contributed by atoms with van der Waals surface area (Å²) in [5, 5.41) is 10.5. The predicted molar refractivity (Wildman–Crippen MR) is 105 cm³/mol. The molecular formula is C21H16N4O3.